The number of ether oxygens (including phenoxy) is 1. The summed E-state index contributed by atoms with van der Waals surface area (Å²) in [5.74, 6) is 0.717. The third kappa shape index (κ3) is 11.4. The van der Waals surface area contributed by atoms with Gasteiger partial charge in [-0.15, -0.1) is 0 Å². The number of halogens is 1. The lowest BCUT2D eigenvalue weighted by Crippen LogP contribution is -2.25. The second-order valence-corrected chi connectivity index (χ2v) is 9.64. The van der Waals surface area contributed by atoms with Gasteiger partial charge < -0.3 is 10.1 Å². The Labute approximate surface area is 247 Å². The van der Waals surface area contributed by atoms with Crippen LogP contribution >= 0.6 is 11.6 Å². The van der Waals surface area contributed by atoms with E-state index in [0.717, 1.165) is 29.0 Å². The van der Waals surface area contributed by atoms with E-state index in [1.807, 2.05) is 46.2 Å². The highest BCUT2D eigenvalue weighted by atomic mass is 35.5. The van der Waals surface area contributed by atoms with Gasteiger partial charge in [0, 0.05) is 42.4 Å². The standard InChI is InChI=1S/C28H32ClN3O2.C4H10.C2H6/c1-5-21(17-30-4)19-32-18-20(3)27(31-28(32)33)34-16-15-22-7-9-23(10-8-22)26(6-2)24-11-13-25(29)14-12-24;1-3-4-2;1-2/h5,7-14,17-18,26,30H,1,6,15-16,19H2,2-4H3;3-4H2,1-2H3;1-2H3/b21-17+;;. The zero-order chi connectivity index (χ0) is 29.9. The van der Waals surface area contributed by atoms with Crippen molar-refractivity contribution in [3.63, 3.8) is 0 Å². The highest BCUT2D eigenvalue weighted by Crippen LogP contribution is 2.29. The van der Waals surface area contributed by atoms with Crippen molar-refractivity contribution in [1.82, 2.24) is 14.9 Å². The van der Waals surface area contributed by atoms with Gasteiger partial charge in [0.05, 0.1) is 13.2 Å². The van der Waals surface area contributed by atoms with E-state index in [-0.39, 0.29) is 5.69 Å². The van der Waals surface area contributed by atoms with E-state index in [9.17, 15) is 4.79 Å². The Morgan fingerprint density at radius 3 is 2.12 bits per heavy atom. The number of aromatic nitrogens is 2. The molecule has 0 saturated carbocycles. The molecule has 40 heavy (non-hydrogen) atoms. The second-order valence-electron chi connectivity index (χ2n) is 9.20. The van der Waals surface area contributed by atoms with E-state index >= 15 is 0 Å². The molecule has 0 aliphatic heterocycles. The van der Waals surface area contributed by atoms with E-state index in [1.54, 1.807) is 16.8 Å². The van der Waals surface area contributed by atoms with Crippen LogP contribution in [-0.4, -0.2) is 23.2 Å². The fourth-order valence-electron chi connectivity index (χ4n) is 3.94. The molecule has 3 aromatic rings. The van der Waals surface area contributed by atoms with Crippen LogP contribution in [0.1, 0.15) is 82.1 Å². The third-order valence-electron chi connectivity index (χ3n) is 6.27. The van der Waals surface area contributed by atoms with Gasteiger partial charge in [-0.25, -0.2) is 4.79 Å². The number of nitrogens with one attached hydrogen (secondary N) is 1. The number of rotatable bonds is 12. The number of nitrogens with zero attached hydrogens (tertiary/aromatic N) is 2. The van der Waals surface area contributed by atoms with Gasteiger partial charge in [-0.3, -0.25) is 4.57 Å². The molecule has 0 aliphatic carbocycles. The molecule has 0 saturated heterocycles. The molecule has 3 rings (SSSR count). The minimum Gasteiger partial charge on any atom is -0.477 e. The number of hydrogen-bond donors (Lipinski definition) is 1. The SMILES string of the molecule is C=C/C(=C\NC)Cn1cc(C)c(OCCc2ccc(C(CC)c3ccc(Cl)cc3)cc2)nc1=O.CC.CCCC. The molecule has 0 spiro atoms. The lowest BCUT2D eigenvalue weighted by Gasteiger charge is -2.17. The summed E-state index contributed by atoms with van der Waals surface area (Å²) in [7, 11) is 1.81. The molecule has 0 radical (unpaired) electrons. The largest absolute Gasteiger partial charge is 0.477 e. The summed E-state index contributed by atoms with van der Waals surface area (Å²) in [6, 6.07) is 16.7. The van der Waals surface area contributed by atoms with Gasteiger partial charge >= 0.3 is 5.69 Å². The van der Waals surface area contributed by atoms with Crippen LogP contribution in [0.3, 0.4) is 0 Å². The molecule has 0 fully saturated rings. The molecular weight excluding hydrogens is 518 g/mol. The highest BCUT2D eigenvalue weighted by Gasteiger charge is 2.12. The van der Waals surface area contributed by atoms with Crippen LogP contribution in [0.25, 0.3) is 0 Å². The van der Waals surface area contributed by atoms with Crippen molar-refractivity contribution in [2.75, 3.05) is 13.7 Å². The lowest BCUT2D eigenvalue weighted by molar-refractivity contribution is 0.304. The molecule has 1 unspecified atom stereocenters. The molecule has 6 heteroatoms. The number of allylic oxidation sites excluding steroid dienone is 2. The van der Waals surface area contributed by atoms with Crippen molar-refractivity contribution < 1.29 is 4.74 Å². The highest BCUT2D eigenvalue weighted by molar-refractivity contribution is 6.30. The maximum atomic E-state index is 12.4. The summed E-state index contributed by atoms with van der Waals surface area (Å²) in [5, 5.41) is 3.71. The predicted octanol–water partition coefficient (Wildman–Crippen LogP) is 8.49. The molecule has 1 heterocycles. The summed E-state index contributed by atoms with van der Waals surface area (Å²) in [6.07, 6.45) is 9.68. The van der Waals surface area contributed by atoms with Crippen LogP contribution in [0.4, 0.5) is 0 Å². The van der Waals surface area contributed by atoms with Crippen LogP contribution in [-0.2, 0) is 13.0 Å². The fourth-order valence-corrected chi connectivity index (χ4v) is 4.06. The van der Waals surface area contributed by atoms with Crippen LogP contribution < -0.4 is 15.7 Å². The molecule has 218 valence electrons. The first kappa shape index (κ1) is 34.7. The molecular formula is C34H48ClN3O2. The molecule has 0 bridgehead atoms. The van der Waals surface area contributed by atoms with E-state index in [0.29, 0.717) is 24.9 Å². The Balaban J connectivity index is 0.00000122. The summed E-state index contributed by atoms with van der Waals surface area (Å²) >= 11 is 6.04. The number of benzene rings is 2. The Hall–Kier alpha value is -3.31. The van der Waals surface area contributed by atoms with E-state index in [2.05, 4.69) is 74.0 Å². The van der Waals surface area contributed by atoms with Gasteiger partial charge in [0.1, 0.15) is 0 Å². The minimum atomic E-state index is -0.346. The molecule has 0 aliphatic rings. The van der Waals surface area contributed by atoms with Gasteiger partial charge in [0.15, 0.2) is 0 Å². The van der Waals surface area contributed by atoms with Crippen molar-refractivity contribution in [2.24, 2.45) is 0 Å². The first-order valence-electron chi connectivity index (χ1n) is 14.4. The summed E-state index contributed by atoms with van der Waals surface area (Å²) in [4.78, 5) is 16.6. The molecule has 1 aromatic heterocycles. The maximum absolute atomic E-state index is 12.4. The Bertz CT molecular complexity index is 1210. The average Bonchev–Trinajstić information content (AvgIpc) is 2.98. The number of aryl methyl sites for hydroxylation is 1. The van der Waals surface area contributed by atoms with Gasteiger partial charge in [0.2, 0.25) is 5.88 Å². The first-order chi connectivity index (χ1) is 19.4. The van der Waals surface area contributed by atoms with Crippen LogP contribution in [0.15, 0.2) is 84.0 Å². The Kier molecular flexibility index (Phi) is 17.1. The van der Waals surface area contributed by atoms with Crippen molar-refractivity contribution in [3.05, 3.63) is 117 Å². The van der Waals surface area contributed by atoms with Gasteiger partial charge in [-0.2, -0.15) is 4.98 Å². The Morgan fingerprint density at radius 1 is 1.05 bits per heavy atom. The van der Waals surface area contributed by atoms with E-state index < -0.39 is 0 Å². The monoisotopic (exact) mass is 565 g/mol. The zero-order valence-electron chi connectivity index (χ0n) is 25.5. The maximum Gasteiger partial charge on any atom is 0.351 e. The smallest absolute Gasteiger partial charge is 0.351 e. The van der Waals surface area contributed by atoms with Crippen LogP contribution in [0.5, 0.6) is 5.88 Å². The van der Waals surface area contributed by atoms with Crippen molar-refractivity contribution in [2.45, 2.75) is 79.7 Å². The van der Waals surface area contributed by atoms with Crippen molar-refractivity contribution in [3.8, 4) is 5.88 Å². The number of unbranched alkanes of at least 4 members (excludes halogenated alkanes) is 1. The average molecular weight is 566 g/mol. The minimum absolute atomic E-state index is 0.338. The van der Waals surface area contributed by atoms with E-state index in [4.69, 9.17) is 16.3 Å². The molecule has 2 aromatic carbocycles. The Morgan fingerprint density at radius 2 is 1.62 bits per heavy atom. The van der Waals surface area contributed by atoms with Crippen LogP contribution in [0.2, 0.25) is 5.02 Å². The first-order valence-corrected chi connectivity index (χ1v) is 14.8. The topological polar surface area (TPSA) is 56.1 Å². The van der Waals surface area contributed by atoms with Crippen molar-refractivity contribution >= 4 is 11.6 Å². The van der Waals surface area contributed by atoms with Gasteiger partial charge in [-0.1, -0.05) is 108 Å². The third-order valence-corrected chi connectivity index (χ3v) is 6.52. The van der Waals surface area contributed by atoms with E-state index in [1.165, 1.54) is 29.5 Å². The molecule has 5 nitrogen and oxygen atoms in total. The molecule has 1 N–H and O–H groups in total. The predicted molar refractivity (Wildman–Crippen MR) is 172 cm³/mol. The quantitative estimate of drug-likeness (QED) is 0.224. The summed E-state index contributed by atoms with van der Waals surface area (Å²) in [6.45, 7) is 17.1. The summed E-state index contributed by atoms with van der Waals surface area (Å²) < 4.78 is 7.40. The van der Waals surface area contributed by atoms with Crippen LogP contribution in [0, 0.1) is 6.92 Å². The fraction of sp³-hybridized carbons (Fsp3) is 0.412. The molecule has 0 amide bonds. The molecule has 1 atom stereocenters. The lowest BCUT2D eigenvalue weighted by atomic mass is 9.88. The normalized spacial score (nSPS) is 11.3. The van der Waals surface area contributed by atoms with Gasteiger partial charge in [0.25, 0.3) is 0 Å². The second kappa shape index (κ2) is 19.7. The zero-order valence-corrected chi connectivity index (χ0v) is 26.2. The van der Waals surface area contributed by atoms with Crippen molar-refractivity contribution in [1.29, 1.82) is 0 Å². The summed E-state index contributed by atoms with van der Waals surface area (Å²) in [5.41, 5.74) is 5.08. The van der Waals surface area contributed by atoms with Gasteiger partial charge in [-0.05, 0) is 47.7 Å². The number of hydrogen-bond acceptors (Lipinski definition) is 4.